The van der Waals surface area contributed by atoms with Gasteiger partial charge in [-0.25, -0.2) is 4.98 Å². The number of hydrogen-bond acceptors (Lipinski definition) is 4. The van der Waals surface area contributed by atoms with Gasteiger partial charge in [0.15, 0.2) is 0 Å². The van der Waals surface area contributed by atoms with Gasteiger partial charge in [-0.15, -0.1) is 11.3 Å². The molecule has 0 unspecified atom stereocenters. The number of alkyl halides is 3. The topological polar surface area (TPSA) is 55.2 Å². The molecule has 0 N–H and O–H groups in total. The molecule has 0 aliphatic heterocycles. The molecule has 0 spiro atoms. The fourth-order valence-corrected chi connectivity index (χ4v) is 3.81. The molecule has 2 rings (SSSR count). The van der Waals surface area contributed by atoms with Gasteiger partial charge >= 0.3 is 6.18 Å². The van der Waals surface area contributed by atoms with E-state index in [0.29, 0.717) is 10.2 Å². The summed E-state index contributed by atoms with van der Waals surface area (Å²) in [5, 5.41) is 0.509. The van der Waals surface area contributed by atoms with E-state index < -0.39 is 24.0 Å². The second-order valence-electron chi connectivity index (χ2n) is 7.88. The molecule has 0 saturated heterocycles. The van der Waals surface area contributed by atoms with Crippen molar-refractivity contribution in [2.45, 2.75) is 53.8 Å². The zero-order valence-electron chi connectivity index (χ0n) is 16.1. The molecule has 2 aromatic heterocycles. The lowest BCUT2D eigenvalue weighted by molar-refractivity contribution is -0.163. The Labute approximate surface area is 159 Å². The second kappa shape index (κ2) is 7.61. The lowest BCUT2D eigenvalue weighted by Gasteiger charge is -2.30. The number of rotatable bonds is 5. The predicted molar refractivity (Wildman–Crippen MR) is 100 cm³/mol. The van der Waals surface area contributed by atoms with Crippen molar-refractivity contribution in [3.63, 3.8) is 0 Å². The van der Waals surface area contributed by atoms with Crippen molar-refractivity contribution >= 4 is 27.5 Å². The summed E-state index contributed by atoms with van der Waals surface area (Å²) < 4.78 is 39.8. The minimum Gasteiger partial charge on any atom is -0.333 e. The Morgan fingerprint density at radius 3 is 2.41 bits per heavy atom. The van der Waals surface area contributed by atoms with Crippen molar-refractivity contribution in [3.05, 3.63) is 27.1 Å². The van der Waals surface area contributed by atoms with Crippen LogP contribution < -0.4 is 5.56 Å². The molecule has 1 amide bonds. The molecule has 27 heavy (non-hydrogen) atoms. The van der Waals surface area contributed by atoms with Crippen molar-refractivity contribution in [3.8, 4) is 0 Å². The molecule has 5 nitrogen and oxygen atoms in total. The summed E-state index contributed by atoms with van der Waals surface area (Å²) in [7, 11) is 0. The Morgan fingerprint density at radius 1 is 1.22 bits per heavy atom. The number of aryl methyl sites for hydroxylation is 3. The van der Waals surface area contributed by atoms with Gasteiger partial charge in [-0.3, -0.25) is 14.2 Å². The first-order valence-corrected chi connectivity index (χ1v) is 9.40. The molecular weight excluding hydrogens is 379 g/mol. The Hall–Kier alpha value is -1.90. The van der Waals surface area contributed by atoms with Gasteiger partial charge in [0, 0.05) is 24.4 Å². The third-order valence-corrected chi connectivity index (χ3v) is 5.23. The van der Waals surface area contributed by atoms with E-state index in [4.69, 9.17) is 0 Å². The van der Waals surface area contributed by atoms with E-state index in [2.05, 4.69) is 4.98 Å². The number of amides is 1. The summed E-state index contributed by atoms with van der Waals surface area (Å²) in [4.78, 5) is 31.7. The maximum atomic E-state index is 12.8. The smallest absolute Gasteiger partial charge is 0.333 e. The Balaban J connectivity index is 2.19. The minimum atomic E-state index is -4.47. The Morgan fingerprint density at radius 2 is 1.85 bits per heavy atom. The molecule has 150 valence electrons. The lowest BCUT2D eigenvalue weighted by Crippen LogP contribution is -2.43. The molecule has 0 atom stereocenters. The van der Waals surface area contributed by atoms with E-state index in [1.807, 2.05) is 13.8 Å². The molecule has 0 radical (unpaired) electrons. The maximum absolute atomic E-state index is 12.8. The Kier molecular flexibility index (Phi) is 6.03. The molecule has 0 aliphatic rings. The average Bonchev–Trinajstić information content (AvgIpc) is 2.78. The van der Waals surface area contributed by atoms with E-state index in [0.717, 1.165) is 15.3 Å². The van der Waals surface area contributed by atoms with Crippen LogP contribution >= 0.6 is 11.3 Å². The van der Waals surface area contributed by atoms with Crippen molar-refractivity contribution < 1.29 is 18.0 Å². The zero-order valence-corrected chi connectivity index (χ0v) is 16.9. The molecule has 0 saturated carbocycles. The quantitative estimate of drug-likeness (QED) is 0.761. The molecule has 2 aromatic rings. The summed E-state index contributed by atoms with van der Waals surface area (Å²) >= 11 is 1.42. The maximum Gasteiger partial charge on any atom is 0.406 e. The van der Waals surface area contributed by atoms with E-state index in [9.17, 15) is 22.8 Å². The van der Waals surface area contributed by atoms with Gasteiger partial charge in [-0.05, 0) is 24.8 Å². The van der Waals surface area contributed by atoms with Gasteiger partial charge in [0.2, 0.25) is 5.91 Å². The van der Waals surface area contributed by atoms with Crippen LogP contribution in [-0.4, -0.2) is 39.6 Å². The van der Waals surface area contributed by atoms with Gasteiger partial charge in [0.05, 0.1) is 11.7 Å². The summed E-state index contributed by atoms with van der Waals surface area (Å²) in [6.45, 7) is 7.73. The molecule has 0 bridgehead atoms. The average molecular weight is 403 g/mol. The van der Waals surface area contributed by atoms with Crippen LogP contribution in [0.4, 0.5) is 13.2 Å². The van der Waals surface area contributed by atoms with Crippen molar-refractivity contribution in [2.75, 3.05) is 13.1 Å². The predicted octanol–water partition coefficient (Wildman–Crippen LogP) is 3.90. The number of thiophene rings is 1. The van der Waals surface area contributed by atoms with Gasteiger partial charge in [-0.1, -0.05) is 20.8 Å². The first-order valence-electron chi connectivity index (χ1n) is 8.58. The summed E-state index contributed by atoms with van der Waals surface area (Å²) in [5.74, 6) is -0.632. The highest BCUT2D eigenvalue weighted by molar-refractivity contribution is 7.18. The highest BCUT2D eigenvalue weighted by Crippen LogP contribution is 2.25. The van der Waals surface area contributed by atoms with Crippen LogP contribution in [0.1, 0.15) is 37.6 Å². The molecule has 0 aliphatic carbocycles. The number of aromatic nitrogens is 2. The highest BCUT2D eigenvalue weighted by Gasteiger charge is 2.34. The van der Waals surface area contributed by atoms with Crippen LogP contribution in [-0.2, 0) is 11.3 Å². The van der Waals surface area contributed by atoms with Crippen LogP contribution in [0, 0.1) is 19.3 Å². The summed E-state index contributed by atoms with van der Waals surface area (Å²) in [6, 6.07) is 0. The van der Waals surface area contributed by atoms with E-state index in [1.54, 1.807) is 20.8 Å². The number of nitrogens with zero attached hydrogens (tertiary/aromatic N) is 3. The molecule has 2 heterocycles. The number of hydrogen-bond donors (Lipinski definition) is 0. The number of halogens is 3. The largest absolute Gasteiger partial charge is 0.406 e. The SMILES string of the molecule is Cc1sc2ncn(CCC(=O)N(CC(C)(C)C)CC(F)(F)F)c(=O)c2c1C. The monoisotopic (exact) mass is 403 g/mol. The van der Waals surface area contributed by atoms with Crippen LogP contribution in [0.2, 0.25) is 0 Å². The van der Waals surface area contributed by atoms with E-state index in [1.165, 1.54) is 22.2 Å². The minimum absolute atomic E-state index is 0.00651. The van der Waals surface area contributed by atoms with Gasteiger partial charge < -0.3 is 4.90 Å². The zero-order chi connectivity index (χ0) is 20.6. The summed E-state index contributed by atoms with van der Waals surface area (Å²) in [5.41, 5.74) is 0.108. The van der Waals surface area contributed by atoms with Crippen molar-refractivity contribution in [1.82, 2.24) is 14.5 Å². The number of carbonyl (C=O) groups excluding carboxylic acids is 1. The van der Waals surface area contributed by atoms with Crippen LogP contribution in [0.5, 0.6) is 0 Å². The van der Waals surface area contributed by atoms with Crippen LogP contribution in [0.15, 0.2) is 11.1 Å². The molecular formula is C18H24F3N3O2S. The van der Waals surface area contributed by atoms with Gasteiger partial charge in [0.1, 0.15) is 11.4 Å². The van der Waals surface area contributed by atoms with E-state index in [-0.39, 0.29) is 25.1 Å². The second-order valence-corrected chi connectivity index (χ2v) is 9.09. The fourth-order valence-electron chi connectivity index (χ4n) is 2.82. The lowest BCUT2D eigenvalue weighted by atomic mass is 9.96. The third-order valence-electron chi connectivity index (χ3n) is 4.11. The first-order chi connectivity index (χ1) is 12.3. The van der Waals surface area contributed by atoms with Crippen LogP contribution in [0.25, 0.3) is 10.2 Å². The number of fused-ring (bicyclic) bond motifs is 1. The fraction of sp³-hybridized carbons (Fsp3) is 0.611. The van der Waals surface area contributed by atoms with Crippen molar-refractivity contribution in [1.29, 1.82) is 0 Å². The van der Waals surface area contributed by atoms with Crippen molar-refractivity contribution in [2.24, 2.45) is 5.41 Å². The van der Waals surface area contributed by atoms with Crippen LogP contribution in [0.3, 0.4) is 0 Å². The third kappa shape index (κ3) is 5.54. The Bertz CT molecular complexity index is 878. The molecule has 0 aromatic carbocycles. The normalized spacial score (nSPS) is 12.6. The molecule has 9 heteroatoms. The van der Waals surface area contributed by atoms with Gasteiger partial charge in [-0.2, -0.15) is 13.2 Å². The highest BCUT2D eigenvalue weighted by atomic mass is 32.1. The van der Waals surface area contributed by atoms with E-state index >= 15 is 0 Å². The summed E-state index contributed by atoms with van der Waals surface area (Å²) in [6.07, 6.45) is -3.31. The standard InChI is InChI=1S/C18H24F3N3O2S/c1-11-12(2)27-15-14(11)16(26)23(10-22-15)7-6-13(25)24(8-17(3,4)5)9-18(19,20)21/h10H,6-9H2,1-5H3. The number of carbonyl (C=O) groups is 1. The van der Waals surface area contributed by atoms with Gasteiger partial charge in [0.25, 0.3) is 5.56 Å². The molecule has 0 fully saturated rings. The first kappa shape index (κ1) is 21.4.